The third-order valence-electron chi connectivity index (χ3n) is 3.95. The number of rotatable bonds is 7. The van der Waals surface area contributed by atoms with Crippen LogP contribution in [0.25, 0.3) is 0 Å². The van der Waals surface area contributed by atoms with Crippen molar-refractivity contribution >= 4 is 5.96 Å². The molecule has 1 aromatic carbocycles. The second-order valence-electron chi connectivity index (χ2n) is 6.29. The molecule has 1 heterocycles. The van der Waals surface area contributed by atoms with Crippen LogP contribution in [0.3, 0.4) is 0 Å². The number of benzene rings is 1. The Bertz CT molecular complexity index is 657. The minimum atomic E-state index is 0.598. The van der Waals surface area contributed by atoms with Gasteiger partial charge >= 0.3 is 0 Å². The van der Waals surface area contributed by atoms with E-state index in [9.17, 15) is 0 Å². The minimum absolute atomic E-state index is 0.598. The standard InChI is InChI=1S/C19H29N5/c1-5-16-8-6-7-9-17(16)12-22-19(20-4)23-13-18-21-10-11-24(18)14-15(2)3/h6-11,15H,5,12-14H2,1-4H3,(H2,20,22,23). The number of nitrogens with zero attached hydrogens (tertiary/aromatic N) is 3. The summed E-state index contributed by atoms with van der Waals surface area (Å²) in [5.74, 6) is 2.42. The first-order valence-corrected chi connectivity index (χ1v) is 8.65. The van der Waals surface area contributed by atoms with Crippen molar-refractivity contribution in [1.29, 1.82) is 0 Å². The Balaban J connectivity index is 1.90. The first kappa shape index (κ1) is 18.0. The van der Waals surface area contributed by atoms with Gasteiger partial charge in [0.15, 0.2) is 5.96 Å². The fourth-order valence-corrected chi connectivity index (χ4v) is 2.70. The maximum absolute atomic E-state index is 4.44. The monoisotopic (exact) mass is 327 g/mol. The molecule has 0 bridgehead atoms. The lowest BCUT2D eigenvalue weighted by Gasteiger charge is -2.15. The molecule has 0 atom stereocenters. The molecule has 2 rings (SSSR count). The van der Waals surface area contributed by atoms with Crippen LogP contribution in [0.5, 0.6) is 0 Å². The SMILES string of the molecule is CCc1ccccc1CNC(=NC)NCc1nccn1CC(C)C. The summed E-state index contributed by atoms with van der Waals surface area (Å²) in [5, 5.41) is 6.73. The first-order chi connectivity index (χ1) is 11.6. The van der Waals surface area contributed by atoms with E-state index in [1.54, 1.807) is 7.05 Å². The van der Waals surface area contributed by atoms with Crippen LogP contribution in [0.2, 0.25) is 0 Å². The zero-order chi connectivity index (χ0) is 17.4. The normalized spacial score (nSPS) is 11.8. The number of imidazole rings is 1. The first-order valence-electron chi connectivity index (χ1n) is 8.65. The lowest BCUT2D eigenvalue weighted by Crippen LogP contribution is -2.37. The highest BCUT2D eigenvalue weighted by Gasteiger charge is 2.06. The van der Waals surface area contributed by atoms with Crippen LogP contribution in [0.15, 0.2) is 41.7 Å². The Morgan fingerprint density at radius 3 is 2.54 bits per heavy atom. The highest BCUT2D eigenvalue weighted by atomic mass is 15.2. The lowest BCUT2D eigenvalue weighted by atomic mass is 10.1. The molecule has 0 aliphatic carbocycles. The average Bonchev–Trinajstić information content (AvgIpc) is 3.01. The summed E-state index contributed by atoms with van der Waals surface area (Å²) >= 11 is 0. The van der Waals surface area contributed by atoms with Crippen LogP contribution >= 0.6 is 0 Å². The summed E-state index contributed by atoms with van der Waals surface area (Å²) in [4.78, 5) is 8.74. The molecular formula is C19H29N5. The Labute approximate surface area is 145 Å². The summed E-state index contributed by atoms with van der Waals surface area (Å²) in [6.45, 7) is 9.01. The highest BCUT2D eigenvalue weighted by Crippen LogP contribution is 2.09. The lowest BCUT2D eigenvalue weighted by molar-refractivity contribution is 0.503. The molecule has 0 radical (unpaired) electrons. The van der Waals surface area contributed by atoms with Crippen LogP contribution in [0, 0.1) is 5.92 Å². The molecule has 0 aliphatic heterocycles. The topological polar surface area (TPSA) is 54.2 Å². The van der Waals surface area contributed by atoms with Crippen LogP contribution in [-0.2, 0) is 26.1 Å². The van der Waals surface area contributed by atoms with E-state index in [-0.39, 0.29) is 0 Å². The number of aromatic nitrogens is 2. The number of nitrogens with one attached hydrogen (secondary N) is 2. The summed E-state index contributed by atoms with van der Waals surface area (Å²) in [6.07, 6.45) is 4.92. The van der Waals surface area contributed by atoms with E-state index in [1.165, 1.54) is 11.1 Å². The second kappa shape index (κ2) is 9.11. The van der Waals surface area contributed by atoms with Crippen molar-refractivity contribution in [3.05, 3.63) is 53.6 Å². The van der Waals surface area contributed by atoms with Gasteiger partial charge in [0.1, 0.15) is 5.82 Å². The van der Waals surface area contributed by atoms with Crippen LogP contribution < -0.4 is 10.6 Å². The average molecular weight is 327 g/mol. The van der Waals surface area contributed by atoms with Crippen molar-refractivity contribution in [3.63, 3.8) is 0 Å². The Hall–Kier alpha value is -2.30. The minimum Gasteiger partial charge on any atom is -0.352 e. The van der Waals surface area contributed by atoms with E-state index in [4.69, 9.17) is 0 Å². The van der Waals surface area contributed by atoms with Crippen molar-refractivity contribution < 1.29 is 0 Å². The van der Waals surface area contributed by atoms with Gasteiger partial charge in [-0.25, -0.2) is 4.98 Å². The van der Waals surface area contributed by atoms with Crippen LogP contribution in [0.1, 0.15) is 37.7 Å². The molecule has 2 aromatic rings. The molecule has 5 nitrogen and oxygen atoms in total. The van der Waals surface area contributed by atoms with Gasteiger partial charge in [0.25, 0.3) is 0 Å². The molecule has 2 N–H and O–H groups in total. The molecule has 24 heavy (non-hydrogen) atoms. The van der Waals surface area contributed by atoms with E-state index >= 15 is 0 Å². The summed E-state index contributed by atoms with van der Waals surface area (Å²) < 4.78 is 2.19. The van der Waals surface area contributed by atoms with Crippen molar-refractivity contribution in [2.24, 2.45) is 10.9 Å². The molecule has 0 saturated carbocycles. The Morgan fingerprint density at radius 2 is 1.88 bits per heavy atom. The Morgan fingerprint density at radius 1 is 1.17 bits per heavy atom. The smallest absolute Gasteiger partial charge is 0.191 e. The molecule has 0 fully saturated rings. The van der Waals surface area contributed by atoms with Crippen molar-refractivity contribution in [2.45, 2.75) is 46.8 Å². The quantitative estimate of drug-likeness (QED) is 0.607. The van der Waals surface area contributed by atoms with Gasteiger partial charge in [-0.15, -0.1) is 0 Å². The summed E-state index contributed by atoms with van der Waals surface area (Å²) in [7, 11) is 1.79. The highest BCUT2D eigenvalue weighted by molar-refractivity contribution is 5.79. The number of aryl methyl sites for hydroxylation is 1. The van der Waals surface area contributed by atoms with Gasteiger partial charge < -0.3 is 15.2 Å². The van der Waals surface area contributed by atoms with Gasteiger partial charge in [0.2, 0.25) is 0 Å². The summed E-state index contributed by atoms with van der Waals surface area (Å²) in [6, 6.07) is 8.50. The third kappa shape index (κ3) is 5.11. The molecule has 0 saturated heterocycles. The zero-order valence-corrected chi connectivity index (χ0v) is 15.2. The van der Waals surface area contributed by atoms with E-state index in [1.807, 2.05) is 12.4 Å². The molecule has 130 valence electrons. The molecule has 5 heteroatoms. The predicted octanol–water partition coefficient (Wildman–Crippen LogP) is 2.97. The maximum Gasteiger partial charge on any atom is 0.191 e. The van der Waals surface area contributed by atoms with Gasteiger partial charge in [0.05, 0.1) is 6.54 Å². The molecule has 0 aliphatic rings. The molecule has 0 unspecified atom stereocenters. The zero-order valence-electron chi connectivity index (χ0n) is 15.2. The molecule has 0 amide bonds. The van der Waals surface area contributed by atoms with E-state index in [0.717, 1.165) is 31.3 Å². The molecule has 1 aromatic heterocycles. The second-order valence-corrected chi connectivity index (χ2v) is 6.29. The Kier molecular flexibility index (Phi) is 6.85. The number of hydrogen-bond acceptors (Lipinski definition) is 2. The van der Waals surface area contributed by atoms with Crippen LogP contribution in [0.4, 0.5) is 0 Å². The van der Waals surface area contributed by atoms with Crippen molar-refractivity contribution in [3.8, 4) is 0 Å². The van der Waals surface area contributed by atoms with Gasteiger partial charge in [-0.2, -0.15) is 0 Å². The van der Waals surface area contributed by atoms with E-state index in [0.29, 0.717) is 12.5 Å². The number of aliphatic imine (C=N–C) groups is 1. The van der Waals surface area contributed by atoms with Crippen molar-refractivity contribution in [1.82, 2.24) is 20.2 Å². The van der Waals surface area contributed by atoms with Crippen molar-refractivity contribution in [2.75, 3.05) is 7.05 Å². The fourth-order valence-electron chi connectivity index (χ4n) is 2.70. The largest absolute Gasteiger partial charge is 0.352 e. The molecule has 0 spiro atoms. The third-order valence-corrected chi connectivity index (χ3v) is 3.95. The van der Waals surface area contributed by atoms with Gasteiger partial charge in [-0.3, -0.25) is 4.99 Å². The molecular weight excluding hydrogens is 298 g/mol. The number of guanidine groups is 1. The predicted molar refractivity (Wildman–Crippen MR) is 99.9 cm³/mol. The summed E-state index contributed by atoms with van der Waals surface area (Å²) in [5.41, 5.74) is 2.68. The fraction of sp³-hybridized carbons (Fsp3) is 0.474. The van der Waals surface area contributed by atoms with E-state index in [2.05, 4.69) is 70.2 Å². The maximum atomic E-state index is 4.44. The van der Waals surface area contributed by atoms with Crippen LogP contribution in [-0.4, -0.2) is 22.6 Å². The number of hydrogen-bond donors (Lipinski definition) is 2. The van der Waals surface area contributed by atoms with Gasteiger partial charge in [-0.1, -0.05) is 45.0 Å². The van der Waals surface area contributed by atoms with E-state index < -0.39 is 0 Å². The van der Waals surface area contributed by atoms with Gasteiger partial charge in [-0.05, 0) is 23.5 Å². The van der Waals surface area contributed by atoms with Gasteiger partial charge in [0, 0.05) is 32.5 Å².